The van der Waals surface area contributed by atoms with E-state index in [9.17, 15) is 9.59 Å². The summed E-state index contributed by atoms with van der Waals surface area (Å²) in [7, 11) is 0. The van der Waals surface area contributed by atoms with Gasteiger partial charge >= 0.3 is 6.03 Å². The molecule has 2 rings (SSSR count). The third-order valence-corrected chi connectivity index (χ3v) is 4.72. The zero-order valence-corrected chi connectivity index (χ0v) is 16.7. The Balaban J connectivity index is 2.00. The number of carbonyl (C=O) groups is 2. The van der Waals surface area contributed by atoms with Crippen molar-refractivity contribution in [3.05, 3.63) is 64.6 Å². The Hall–Kier alpha value is -2.34. The lowest BCUT2D eigenvalue weighted by molar-refractivity contribution is -0.124. The summed E-state index contributed by atoms with van der Waals surface area (Å²) < 4.78 is 0.934. The highest BCUT2D eigenvalue weighted by molar-refractivity contribution is 9.10. The van der Waals surface area contributed by atoms with Gasteiger partial charge in [0.15, 0.2) is 0 Å². The molecule has 0 radical (unpaired) electrons. The van der Waals surface area contributed by atoms with Gasteiger partial charge in [-0.05, 0) is 36.6 Å². The van der Waals surface area contributed by atoms with Gasteiger partial charge in [-0.3, -0.25) is 4.79 Å². The predicted octanol–water partition coefficient (Wildman–Crippen LogP) is 4.47. The highest BCUT2D eigenvalue weighted by Crippen LogP contribution is 2.23. The zero-order valence-electron chi connectivity index (χ0n) is 15.1. The predicted molar refractivity (Wildman–Crippen MR) is 108 cm³/mol. The minimum Gasteiger partial charge on any atom is -0.348 e. The second-order valence-corrected chi connectivity index (χ2v) is 7.29. The van der Waals surface area contributed by atoms with Crippen LogP contribution in [-0.2, 0) is 4.79 Å². The highest BCUT2D eigenvalue weighted by atomic mass is 79.9. The summed E-state index contributed by atoms with van der Waals surface area (Å²) in [6, 6.07) is 15.6. The maximum absolute atomic E-state index is 12.7. The molecular formula is C20H24BrN3O2. The first kappa shape index (κ1) is 20.0. The summed E-state index contributed by atoms with van der Waals surface area (Å²) in [6.07, 6.45) is 0. The summed E-state index contributed by atoms with van der Waals surface area (Å²) >= 11 is 3.50. The minimum absolute atomic E-state index is 0.0528. The van der Waals surface area contributed by atoms with Gasteiger partial charge in [0.1, 0.15) is 6.04 Å². The molecule has 2 unspecified atom stereocenters. The first-order chi connectivity index (χ1) is 12.4. The summed E-state index contributed by atoms with van der Waals surface area (Å²) in [5.41, 5.74) is 1.66. The molecule has 0 aliphatic carbocycles. The number of hydrogen-bond acceptors (Lipinski definition) is 2. The van der Waals surface area contributed by atoms with Gasteiger partial charge in [0.05, 0.1) is 6.04 Å². The largest absolute Gasteiger partial charge is 0.348 e. The van der Waals surface area contributed by atoms with Gasteiger partial charge in [-0.1, -0.05) is 66.2 Å². The molecule has 2 atom stereocenters. The Labute approximate surface area is 162 Å². The van der Waals surface area contributed by atoms with Crippen molar-refractivity contribution >= 4 is 33.6 Å². The Kier molecular flexibility index (Phi) is 7.21. The maximum atomic E-state index is 12.7. The van der Waals surface area contributed by atoms with Gasteiger partial charge in [-0.25, -0.2) is 4.79 Å². The van der Waals surface area contributed by atoms with Crippen LogP contribution in [0, 0.1) is 5.92 Å². The molecule has 3 amide bonds. The van der Waals surface area contributed by atoms with Gasteiger partial charge in [0.2, 0.25) is 5.91 Å². The lowest BCUT2D eigenvalue weighted by Crippen LogP contribution is -2.51. The minimum atomic E-state index is -0.636. The Morgan fingerprint density at radius 1 is 0.885 bits per heavy atom. The first-order valence-electron chi connectivity index (χ1n) is 8.56. The molecule has 0 saturated carbocycles. The first-order valence-corrected chi connectivity index (χ1v) is 9.35. The molecule has 2 aromatic carbocycles. The molecule has 0 aromatic heterocycles. The van der Waals surface area contributed by atoms with Crippen LogP contribution >= 0.6 is 15.9 Å². The second kappa shape index (κ2) is 9.38. The van der Waals surface area contributed by atoms with Gasteiger partial charge < -0.3 is 16.0 Å². The molecule has 0 fully saturated rings. The summed E-state index contributed by atoms with van der Waals surface area (Å²) in [4.78, 5) is 24.9. The molecule has 6 heteroatoms. The number of benzene rings is 2. The molecule has 3 N–H and O–H groups in total. The summed E-state index contributed by atoms with van der Waals surface area (Å²) in [6.45, 7) is 5.71. The van der Waals surface area contributed by atoms with Crippen LogP contribution in [-0.4, -0.2) is 18.0 Å². The van der Waals surface area contributed by atoms with E-state index in [1.807, 2.05) is 63.2 Å². The van der Waals surface area contributed by atoms with Crippen LogP contribution in [0.2, 0.25) is 0 Å². The second-order valence-electron chi connectivity index (χ2n) is 6.44. The van der Waals surface area contributed by atoms with Crippen molar-refractivity contribution in [1.82, 2.24) is 10.6 Å². The number of rotatable bonds is 6. The van der Waals surface area contributed by atoms with Crippen molar-refractivity contribution in [2.24, 2.45) is 5.92 Å². The topological polar surface area (TPSA) is 70.2 Å². The van der Waals surface area contributed by atoms with E-state index in [0.717, 1.165) is 10.0 Å². The van der Waals surface area contributed by atoms with Gasteiger partial charge in [0.25, 0.3) is 0 Å². The van der Waals surface area contributed by atoms with Crippen molar-refractivity contribution in [2.45, 2.75) is 32.9 Å². The number of urea groups is 1. The molecule has 0 bridgehead atoms. The average molecular weight is 418 g/mol. The van der Waals surface area contributed by atoms with E-state index in [0.29, 0.717) is 5.69 Å². The van der Waals surface area contributed by atoms with E-state index in [2.05, 4.69) is 31.9 Å². The molecule has 0 aliphatic heterocycles. The van der Waals surface area contributed by atoms with Crippen LogP contribution < -0.4 is 16.0 Å². The fourth-order valence-electron chi connectivity index (χ4n) is 2.57. The fraction of sp³-hybridized carbons (Fsp3) is 0.300. The van der Waals surface area contributed by atoms with Crippen LogP contribution in [0.25, 0.3) is 0 Å². The van der Waals surface area contributed by atoms with Gasteiger partial charge in [-0.2, -0.15) is 0 Å². The van der Waals surface area contributed by atoms with Crippen LogP contribution in [0.15, 0.2) is 59.1 Å². The number of carbonyl (C=O) groups excluding carboxylic acids is 2. The van der Waals surface area contributed by atoms with E-state index in [1.165, 1.54) is 0 Å². The molecule has 138 valence electrons. The van der Waals surface area contributed by atoms with Crippen molar-refractivity contribution in [3.63, 3.8) is 0 Å². The Bertz CT molecular complexity index is 750. The Morgan fingerprint density at radius 2 is 1.50 bits per heavy atom. The maximum Gasteiger partial charge on any atom is 0.319 e. The van der Waals surface area contributed by atoms with E-state index >= 15 is 0 Å². The van der Waals surface area contributed by atoms with Crippen molar-refractivity contribution in [1.29, 1.82) is 0 Å². The third kappa shape index (κ3) is 5.59. The molecule has 0 saturated heterocycles. The Morgan fingerprint density at radius 3 is 2.12 bits per heavy atom. The number of amides is 3. The van der Waals surface area contributed by atoms with Gasteiger partial charge in [-0.15, -0.1) is 0 Å². The van der Waals surface area contributed by atoms with Crippen molar-refractivity contribution < 1.29 is 9.59 Å². The zero-order chi connectivity index (χ0) is 19.1. The summed E-state index contributed by atoms with van der Waals surface area (Å²) in [5.74, 6) is -0.269. The van der Waals surface area contributed by atoms with E-state index < -0.39 is 12.1 Å². The lowest BCUT2D eigenvalue weighted by atomic mass is 10.0. The molecule has 0 heterocycles. The van der Waals surface area contributed by atoms with Crippen LogP contribution in [0.1, 0.15) is 32.4 Å². The monoisotopic (exact) mass is 417 g/mol. The molecular weight excluding hydrogens is 394 g/mol. The number of nitrogens with one attached hydrogen (secondary N) is 3. The molecule has 0 aliphatic rings. The summed E-state index contributed by atoms with van der Waals surface area (Å²) in [5, 5.41) is 8.48. The smallest absolute Gasteiger partial charge is 0.319 e. The van der Waals surface area contributed by atoms with Crippen LogP contribution in [0.4, 0.5) is 10.5 Å². The molecule has 2 aromatic rings. The van der Waals surface area contributed by atoms with Crippen LogP contribution in [0.3, 0.4) is 0 Å². The highest BCUT2D eigenvalue weighted by Gasteiger charge is 2.26. The normalized spacial score (nSPS) is 13.0. The molecule has 5 nitrogen and oxygen atoms in total. The number of para-hydroxylation sites is 1. The van der Waals surface area contributed by atoms with Crippen molar-refractivity contribution in [2.75, 3.05) is 5.32 Å². The number of anilines is 1. The number of halogens is 1. The van der Waals surface area contributed by atoms with Gasteiger partial charge in [0, 0.05) is 10.2 Å². The van der Waals surface area contributed by atoms with Crippen LogP contribution in [0.5, 0.6) is 0 Å². The van der Waals surface area contributed by atoms with E-state index in [-0.39, 0.29) is 17.9 Å². The van der Waals surface area contributed by atoms with E-state index in [4.69, 9.17) is 0 Å². The standard InChI is InChI=1S/C20H24BrN3O2/c1-13(2)18(24-20(26)23-15-9-5-4-6-10-15)19(25)22-14(3)16-11-7-8-12-17(16)21/h4-14,18H,1-3H3,(H,22,25)(H2,23,24,26). The third-order valence-electron chi connectivity index (χ3n) is 4.00. The lowest BCUT2D eigenvalue weighted by Gasteiger charge is -2.24. The van der Waals surface area contributed by atoms with E-state index in [1.54, 1.807) is 12.1 Å². The number of hydrogen-bond donors (Lipinski definition) is 3. The molecule has 0 spiro atoms. The van der Waals surface area contributed by atoms with Crippen molar-refractivity contribution in [3.8, 4) is 0 Å². The molecule has 26 heavy (non-hydrogen) atoms. The fourth-order valence-corrected chi connectivity index (χ4v) is 3.20. The average Bonchev–Trinajstić information content (AvgIpc) is 2.60. The SMILES string of the molecule is CC(NC(=O)C(NC(=O)Nc1ccccc1)C(C)C)c1ccccc1Br. The quantitative estimate of drug-likeness (QED) is 0.648.